The normalized spacial score (nSPS) is 26.3. The van der Waals surface area contributed by atoms with E-state index in [9.17, 15) is 26.7 Å². The molecule has 9 heteroatoms. The summed E-state index contributed by atoms with van der Waals surface area (Å²) in [5, 5.41) is 10.3. The van der Waals surface area contributed by atoms with Gasteiger partial charge in [0.2, 0.25) is 0 Å². The van der Waals surface area contributed by atoms with Crippen LogP contribution in [0.1, 0.15) is 6.92 Å². The fraction of sp³-hybridized carbons (Fsp3) is 0.312. The van der Waals surface area contributed by atoms with Crippen LogP contribution in [0.25, 0.3) is 0 Å². The van der Waals surface area contributed by atoms with Crippen LogP contribution < -0.4 is 0 Å². The highest BCUT2D eigenvalue weighted by atomic mass is 32.2. The molecule has 2 heterocycles. The Labute approximate surface area is 142 Å². The first-order valence-corrected chi connectivity index (χ1v) is 9.02. The number of amidine groups is 1. The summed E-state index contributed by atoms with van der Waals surface area (Å²) in [6.07, 6.45) is -0.792. The zero-order chi connectivity index (χ0) is 18.5. The molecular weight excluding hydrogens is 357 g/mol. The van der Waals surface area contributed by atoms with Gasteiger partial charge in [-0.05, 0) is 31.2 Å². The van der Waals surface area contributed by atoms with Crippen LogP contribution in [0.5, 0.6) is 0 Å². The van der Waals surface area contributed by atoms with Gasteiger partial charge in [0.15, 0.2) is 9.84 Å². The Bertz CT molecular complexity index is 876. The lowest BCUT2D eigenvalue weighted by atomic mass is 10.0. The maximum atomic E-state index is 13.5. The van der Waals surface area contributed by atoms with Crippen molar-refractivity contribution in [3.63, 3.8) is 0 Å². The number of rotatable bonds is 3. The third-order valence-electron chi connectivity index (χ3n) is 4.17. The Morgan fingerprint density at radius 2 is 1.92 bits per heavy atom. The van der Waals surface area contributed by atoms with Gasteiger partial charge in [-0.2, -0.15) is 13.2 Å². The summed E-state index contributed by atoms with van der Waals surface area (Å²) < 4.78 is 65.7. The maximum Gasteiger partial charge on any atom is 0.440 e. The molecule has 2 aliphatic heterocycles. The third kappa shape index (κ3) is 2.87. The van der Waals surface area contributed by atoms with Crippen LogP contribution in [0.3, 0.4) is 0 Å². The van der Waals surface area contributed by atoms with Crippen LogP contribution in [0.15, 0.2) is 64.1 Å². The number of hydrogen-bond donors (Lipinski definition) is 1. The van der Waals surface area contributed by atoms with Crippen LogP contribution in [0.4, 0.5) is 13.2 Å². The molecule has 0 saturated heterocycles. The van der Waals surface area contributed by atoms with E-state index in [-0.39, 0.29) is 10.7 Å². The minimum Gasteiger partial charge on any atom is -0.360 e. The zero-order valence-electron chi connectivity index (χ0n) is 13.1. The Morgan fingerprint density at radius 3 is 2.52 bits per heavy atom. The Morgan fingerprint density at radius 1 is 1.28 bits per heavy atom. The lowest BCUT2D eigenvalue weighted by molar-refractivity contribution is -0.265. The van der Waals surface area contributed by atoms with Crippen molar-refractivity contribution in [3.05, 3.63) is 54.3 Å². The van der Waals surface area contributed by atoms with E-state index >= 15 is 0 Å². The van der Waals surface area contributed by atoms with Gasteiger partial charge < -0.3 is 10.0 Å². The molecule has 1 aromatic carbocycles. The lowest BCUT2D eigenvalue weighted by Crippen LogP contribution is -2.58. The van der Waals surface area contributed by atoms with E-state index in [1.165, 1.54) is 49.4 Å². The van der Waals surface area contributed by atoms with E-state index in [1.54, 1.807) is 6.07 Å². The molecule has 2 aliphatic rings. The van der Waals surface area contributed by atoms with Gasteiger partial charge in [-0.25, -0.2) is 13.4 Å². The van der Waals surface area contributed by atoms with Gasteiger partial charge in [-0.1, -0.05) is 24.3 Å². The first-order valence-electron chi connectivity index (χ1n) is 7.37. The predicted molar refractivity (Wildman–Crippen MR) is 85.5 cm³/mol. The molecule has 1 N–H and O–H groups in total. The molecule has 5 nitrogen and oxygen atoms in total. The van der Waals surface area contributed by atoms with Gasteiger partial charge >= 0.3 is 6.18 Å². The number of alkyl halides is 3. The minimum absolute atomic E-state index is 0.109. The fourth-order valence-corrected chi connectivity index (χ4v) is 4.48. The summed E-state index contributed by atoms with van der Waals surface area (Å²) in [7, 11) is -4.08. The Kier molecular flexibility index (Phi) is 4.03. The molecule has 3 rings (SSSR count). The smallest absolute Gasteiger partial charge is 0.360 e. The highest BCUT2D eigenvalue weighted by Crippen LogP contribution is 2.43. The third-order valence-corrected chi connectivity index (χ3v) is 5.91. The molecule has 134 valence electrons. The van der Waals surface area contributed by atoms with Gasteiger partial charge in [0.25, 0.3) is 5.72 Å². The molecular formula is C16H15F3N2O3S. The van der Waals surface area contributed by atoms with Gasteiger partial charge in [0.1, 0.15) is 11.9 Å². The van der Waals surface area contributed by atoms with Crippen LogP contribution in [0, 0.1) is 0 Å². The minimum atomic E-state index is -5.12. The first kappa shape index (κ1) is 17.7. The van der Waals surface area contributed by atoms with Crippen LogP contribution in [-0.4, -0.2) is 48.0 Å². The van der Waals surface area contributed by atoms with E-state index in [2.05, 4.69) is 4.99 Å². The molecule has 2 atom stereocenters. The topological polar surface area (TPSA) is 70.0 Å². The second-order valence-corrected chi connectivity index (χ2v) is 7.88. The summed E-state index contributed by atoms with van der Waals surface area (Å²) in [5.41, 5.74) is -3.14. The standard InChI is InChI=1S/C16H15F3N2O3S/c1-11-6-5-9-14-20-15(22,16(17,18)19)13(21(11)14)10-25(23,24)12-7-3-2-4-8-12/h2-9,13,22H,10H2,1H3/t13-,15-/m0/s1. The molecule has 0 bridgehead atoms. The zero-order valence-corrected chi connectivity index (χ0v) is 13.9. The number of aliphatic hydroxyl groups is 1. The number of halogens is 3. The average molecular weight is 372 g/mol. The SMILES string of the molecule is CC1=CC=CC2=N[C@@](O)(C(F)(F)F)[C@H](CS(=O)(=O)c3ccccc3)N12. The summed E-state index contributed by atoms with van der Waals surface area (Å²) in [5.74, 6) is -1.05. The van der Waals surface area contributed by atoms with Gasteiger partial charge in [-0.3, -0.25) is 0 Å². The molecule has 0 radical (unpaired) electrons. The largest absolute Gasteiger partial charge is 0.440 e. The number of hydrogen-bond acceptors (Lipinski definition) is 5. The van der Waals surface area contributed by atoms with E-state index in [1.807, 2.05) is 0 Å². The van der Waals surface area contributed by atoms with Crippen molar-refractivity contribution in [1.29, 1.82) is 0 Å². The highest BCUT2D eigenvalue weighted by molar-refractivity contribution is 7.91. The molecule has 0 unspecified atom stereocenters. The molecule has 25 heavy (non-hydrogen) atoms. The number of sulfone groups is 1. The van der Waals surface area contributed by atoms with Crippen molar-refractivity contribution in [2.75, 3.05) is 5.75 Å². The predicted octanol–water partition coefficient (Wildman–Crippen LogP) is 2.27. The monoisotopic (exact) mass is 372 g/mol. The number of nitrogens with zero attached hydrogens (tertiary/aromatic N) is 2. The van der Waals surface area contributed by atoms with Crippen LogP contribution in [-0.2, 0) is 9.84 Å². The Hall–Kier alpha value is -2.13. The summed E-state index contributed by atoms with van der Waals surface area (Å²) in [6.45, 7) is 1.53. The average Bonchev–Trinajstić information content (AvgIpc) is 2.82. The van der Waals surface area contributed by atoms with Gasteiger partial charge in [0.05, 0.1) is 10.6 Å². The van der Waals surface area contributed by atoms with E-state index in [0.29, 0.717) is 5.70 Å². The van der Waals surface area contributed by atoms with E-state index in [4.69, 9.17) is 0 Å². The quantitative estimate of drug-likeness (QED) is 0.884. The fourth-order valence-electron chi connectivity index (χ4n) is 2.92. The lowest BCUT2D eigenvalue weighted by Gasteiger charge is -2.35. The van der Waals surface area contributed by atoms with Crippen molar-refractivity contribution < 1.29 is 26.7 Å². The molecule has 0 aromatic heterocycles. The van der Waals surface area contributed by atoms with E-state index in [0.717, 1.165) is 4.90 Å². The number of aliphatic imine (C=N–C) groups is 1. The molecule has 0 amide bonds. The first-order chi connectivity index (χ1) is 11.6. The molecule has 0 aliphatic carbocycles. The summed E-state index contributed by atoms with van der Waals surface area (Å²) >= 11 is 0. The van der Waals surface area contributed by atoms with Crippen molar-refractivity contribution in [3.8, 4) is 0 Å². The van der Waals surface area contributed by atoms with Gasteiger partial charge in [-0.15, -0.1) is 0 Å². The van der Waals surface area contributed by atoms with Crippen LogP contribution >= 0.6 is 0 Å². The summed E-state index contributed by atoms with van der Waals surface area (Å²) in [4.78, 5) is 4.41. The molecule has 0 saturated carbocycles. The number of allylic oxidation sites excluding steroid dienone is 3. The van der Waals surface area contributed by atoms with Crippen LogP contribution in [0.2, 0.25) is 0 Å². The number of benzene rings is 1. The van der Waals surface area contributed by atoms with Crippen molar-refractivity contribution >= 4 is 15.7 Å². The molecule has 1 aromatic rings. The second kappa shape index (κ2) is 5.70. The van der Waals surface area contributed by atoms with Crippen molar-refractivity contribution in [2.45, 2.75) is 29.8 Å². The summed E-state index contributed by atoms with van der Waals surface area (Å²) in [6, 6.07) is 5.36. The van der Waals surface area contributed by atoms with Gasteiger partial charge in [0, 0.05) is 5.70 Å². The number of fused-ring (bicyclic) bond motifs is 1. The second-order valence-electron chi connectivity index (χ2n) is 5.84. The molecule has 0 spiro atoms. The maximum absolute atomic E-state index is 13.5. The van der Waals surface area contributed by atoms with Crippen molar-refractivity contribution in [1.82, 2.24) is 4.90 Å². The van der Waals surface area contributed by atoms with E-state index < -0.39 is 33.5 Å². The Balaban J connectivity index is 2.06. The molecule has 0 fully saturated rings. The van der Waals surface area contributed by atoms with Crippen molar-refractivity contribution in [2.24, 2.45) is 4.99 Å². The highest BCUT2D eigenvalue weighted by Gasteiger charge is 2.65.